The molecule has 0 unspecified atom stereocenters. The molecular formula is C19H14FN3O5. The minimum Gasteiger partial charge on any atom is -0.488 e. The summed E-state index contributed by atoms with van der Waals surface area (Å²) in [6.45, 7) is -0.241. The summed E-state index contributed by atoms with van der Waals surface area (Å²) in [7, 11) is 0. The maximum atomic E-state index is 14.2. The van der Waals surface area contributed by atoms with Crippen LogP contribution in [-0.2, 0) is 0 Å². The van der Waals surface area contributed by atoms with Crippen molar-refractivity contribution in [1.29, 1.82) is 0 Å². The van der Waals surface area contributed by atoms with Crippen molar-refractivity contribution in [2.45, 2.75) is 0 Å². The van der Waals surface area contributed by atoms with Crippen molar-refractivity contribution in [3.05, 3.63) is 53.8 Å². The molecule has 0 bridgehead atoms. The highest BCUT2D eigenvalue weighted by Gasteiger charge is 2.17. The molecule has 0 radical (unpaired) electrons. The van der Waals surface area contributed by atoms with Crippen LogP contribution in [0.3, 0.4) is 0 Å². The lowest BCUT2D eigenvalue weighted by Gasteiger charge is -2.05. The van der Waals surface area contributed by atoms with Gasteiger partial charge in [0.1, 0.15) is 18.0 Å². The number of hydrogen-bond donors (Lipinski definition) is 3. The number of aliphatic hydroxyl groups is 1. The molecular weight excluding hydrogens is 369 g/mol. The summed E-state index contributed by atoms with van der Waals surface area (Å²) < 4.78 is 24.7. The van der Waals surface area contributed by atoms with Crippen LogP contribution in [0.15, 0.2) is 47.0 Å². The number of carboxylic acids is 1. The van der Waals surface area contributed by atoms with Gasteiger partial charge in [0.2, 0.25) is 0 Å². The number of hydrogen-bond acceptors (Lipinski definition) is 6. The number of carbonyl (C=O) groups is 1. The molecule has 0 aliphatic rings. The zero-order chi connectivity index (χ0) is 19.7. The van der Waals surface area contributed by atoms with E-state index < -0.39 is 11.8 Å². The fourth-order valence-corrected chi connectivity index (χ4v) is 2.78. The Bertz CT molecular complexity index is 1150. The van der Waals surface area contributed by atoms with Crippen molar-refractivity contribution in [3.63, 3.8) is 0 Å². The molecule has 0 aliphatic heterocycles. The van der Waals surface area contributed by atoms with Gasteiger partial charge >= 0.3 is 5.97 Å². The molecule has 0 fully saturated rings. The molecule has 2 aromatic heterocycles. The molecule has 8 nitrogen and oxygen atoms in total. The van der Waals surface area contributed by atoms with Crippen LogP contribution in [0.4, 0.5) is 4.39 Å². The van der Waals surface area contributed by atoms with E-state index in [1.165, 1.54) is 24.3 Å². The topological polar surface area (TPSA) is 121 Å². The summed E-state index contributed by atoms with van der Waals surface area (Å²) in [5, 5.41) is 29.2. The van der Waals surface area contributed by atoms with Crippen molar-refractivity contribution < 1.29 is 28.7 Å². The van der Waals surface area contributed by atoms with Crippen LogP contribution in [0.5, 0.6) is 5.75 Å². The van der Waals surface area contributed by atoms with Crippen LogP contribution in [-0.4, -0.2) is 44.8 Å². The fourth-order valence-electron chi connectivity index (χ4n) is 2.78. The summed E-state index contributed by atoms with van der Waals surface area (Å²) in [5.74, 6) is -1.27. The van der Waals surface area contributed by atoms with E-state index in [2.05, 4.69) is 15.4 Å². The third kappa shape index (κ3) is 3.19. The maximum absolute atomic E-state index is 14.2. The second kappa shape index (κ2) is 7.12. The summed E-state index contributed by atoms with van der Waals surface area (Å²) >= 11 is 0. The first-order valence-corrected chi connectivity index (χ1v) is 8.29. The number of halogens is 1. The summed E-state index contributed by atoms with van der Waals surface area (Å²) in [6.07, 6.45) is 0. The lowest BCUT2D eigenvalue weighted by molar-refractivity contribution is 0.0697. The lowest BCUT2D eigenvalue weighted by Crippen LogP contribution is -2.03. The van der Waals surface area contributed by atoms with Gasteiger partial charge in [0, 0.05) is 23.1 Å². The highest BCUT2D eigenvalue weighted by atomic mass is 19.1. The normalized spacial score (nSPS) is 11.1. The first-order valence-electron chi connectivity index (χ1n) is 8.29. The molecule has 9 heteroatoms. The number of carboxylic acid groups (broad SMARTS) is 1. The SMILES string of the molecule is O=C(O)c1ccc(-c2cc(-c3n[nH]c4cc(OCCO)c(F)cc34)on2)cc1. The molecule has 4 rings (SSSR count). The zero-order valence-electron chi connectivity index (χ0n) is 14.3. The number of benzene rings is 2. The first-order chi connectivity index (χ1) is 13.6. The van der Waals surface area contributed by atoms with E-state index in [1.54, 1.807) is 18.2 Å². The van der Waals surface area contributed by atoms with E-state index >= 15 is 0 Å². The number of fused-ring (bicyclic) bond motifs is 1. The summed E-state index contributed by atoms with van der Waals surface area (Å²) in [6, 6.07) is 10.6. The third-order valence-corrected chi connectivity index (χ3v) is 4.14. The fraction of sp³-hybridized carbons (Fsp3) is 0.105. The standard InChI is InChI=1S/C19H14FN3O5/c20-13-7-12-15(9-16(13)27-6-5-24)21-22-18(12)17-8-14(23-28-17)10-1-3-11(4-2-10)19(25)26/h1-4,7-9,24H,5-6H2,(H,21,22)(H,25,26). The van der Waals surface area contributed by atoms with Crippen molar-refractivity contribution in [3.8, 4) is 28.5 Å². The number of aromatic amines is 1. The predicted octanol–water partition coefficient (Wildman–Crippen LogP) is 3.09. The van der Waals surface area contributed by atoms with E-state index in [9.17, 15) is 9.18 Å². The third-order valence-electron chi connectivity index (χ3n) is 4.14. The minimum absolute atomic E-state index is 0.00790. The van der Waals surface area contributed by atoms with E-state index in [1.807, 2.05) is 0 Å². The Morgan fingerprint density at radius 3 is 2.71 bits per heavy atom. The van der Waals surface area contributed by atoms with Gasteiger partial charge in [0.15, 0.2) is 17.3 Å². The molecule has 0 spiro atoms. The molecule has 0 saturated carbocycles. The Morgan fingerprint density at radius 2 is 2.00 bits per heavy atom. The average molecular weight is 383 g/mol. The van der Waals surface area contributed by atoms with Crippen molar-refractivity contribution >= 4 is 16.9 Å². The maximum Gasteiger partial charge on any atom is 0.335 e. The minimum atomic E-state index is -1.01. The molecule has 0 saturated heterocycles. The van der Waals surface area contributed by atoms with E-state index in [0.717, 1.165) is 0 Å². The lowest BCUT2D eigenvalue weighted by atomic mass is 10.1. The largest absolute Gasteiger partial charge is 0.488 e. The van der Waals surface area contributed by atoms with Gasteiger partial charge in [0.05, 0.1) is 17.7 Å². The quantitative estimate of drug-likeness (QED) is 0.468. The Balaban J connectivity index is 1.67. The highest BCUT2D eigenvalue weighted by molar-refractivity contribution is 5.93. The predicted molar refractivity (Wildman–Crippen MR) is 96.5 cm³/mol. The highest BCUT2D eigenvalue weighted by Crippen LogP contribution is 2.32. The number of ether oxygens (including phenoxy) is 1. The Morgan fingerprint density at radius 1 is 1.21 bits per heavy atom. The number of nitrogens with zero attached hydrogens (tertiary/aromatic N) is 2. The number of aromatic carboxylic acids is 1. The van der Waals surface area contributed by atoms with E-state index in [4.69, 9.17) is 19.5 Å². The van der Waals surface area contributed by atoms with Gasteiger partial charge in [-0.15, -0.1) is 0 Å². The molecule has 0 amide bonds. The first kappa shape index (κ1) is 17.7. The van der Waals surface area contributed by atoms with E-state index in [0.29, 0.717) is 33.6 Å². The van der Waals surface area contributed by atoms with Gasteiger partial charge in [-0.3, -0.25) is 5.10 Å². The molecule has 28 heavy (non-hydrogen) atoms. The number of aliphatic hydroxyl groups excluding tert-OH is 1. The van der Waals surface area contributed by atoms with Crippen molar-refractivity contribution in [2.24, 2.45) is 0 Å². The number of nitrogens with one attached hydrogen (secondary N) is 1. The molecule has 2 aromatic carbocycles. The van der Waals surface area contributed by atoms with Gasteiger partial charge < -0.3 is 19.5 Å². The summed E-state index contributed by atoms with van der Waals surface area (Å²) in [5.41, 5.74) is 2.24. The molecule has 4 aromatic rings. The van der Waals surface area contributed by atoms with Gasteiger partial charge in [-0.05, 0) is 18.2 Å². The average Bonchev–Trinajstić information content (AvgIpc) is 3.33. The molecule has 0 atom stereocenters. The Labute approximate surface area is 157 Å². The van der Waals surface area contributed by atoms with Crippen LogP contribution >= 0.6 is 0 Å². The molecule has 0 aliphatic carbocycles. The smallest absolute Gasteiger partial charge is 0.335 e. The van der Waals surface area contributed by atoms with Crippen LogP contribution in [0.1, 0.15) is 10.4 Å². The second-order valence-electron chi connectivity index (χ2n) is 5.93. The van der Waals surface area contributed by atoms with Gasteiger partial charge in [-0.25, -0.2) is 9.18 Å². The molecule has 3 N–H and O–H groups in total. The summed E-state index contributed by atoms with van der Waals surface area (Å²) in [4.78, 5) is 10.9. The van der Waals surface area contributed by atoms with Crippen LogP contribution in [0, 0.1) is 5.82 Å². The monoisotopic (exact) mass is 383 g/mol. The van der Waals surface area contributed by atoms with Crippen LogP contribution in [0.2, 0.25) is 0 Å². The van der Waals surface area contributed by atoms with E-state index in [-0.39, 0.29) is 24.5 Å². The van der Waals surface area contributed by atoms with Crippen LogP contribution in [0.25, 0.3) is 33.6 Å². The molecule has 142 valence electrons. The Kier molecular flexibility index (Phi) is 4.50. The Hall–Kier alpha value is -3.72. The van der Waals surface area contributed by atoms with Crippen molar-refractivity contribution in [2.75, 3.05) is 13.2 Å². The number of aromatic nitrogens is 3. The van der Waals surface area contributed by atoms with Crippen LogP contribution < -0.4 is 4.74 Å². The van der Waals surface area contributed by atoms with Crippen molar-refractivity contribution in [1.82, 2.24) is 15.4 Å². The molecule has 2 heterocycles. The van der Waals surface area contributed by atoms with Gasteiger partial charge in [-0.1, -0.05) is 17.3 Å². The number of rotatable bonds is 6. The second-order valence-corrected chi connectivity index (χ2v) is 5.93. The number of H-pyrrole nitrogens is 1. The van der Waals surface area contributed by atoms with Gasteiger partial charge in [0.25, 0.3) is 0 Å². The zero-order valence-corrected chi connectivity index (χ0v) is 14.3. The van der Waals surface area contributed by atoms with Gasteiger partial charge in [-0.2, -0.15) is 5.10 Å².